The highest BCUT2D eigenvalue weighted by Gasteiger charge is 2.40. The number of nitrogens with zero attached hydrogens (tertiary/aromatic N) is 3. The third-order valence-electron chi connectivity index (χ3n) is 6.35. The molecule has 1 aromatic rings. The smallest absolute Gasteiger partial charge is 0.222 e. The highest BCUT2D eigenvalue weighted by Crippen LogP contribution is 2.40. The van der Waals surface area contributed by atoms with E-state index in [1.54, 1.807) is 14.2 Å². The lowest BCUT2D eigenvalue weighted by Gasteiger charge is -2.47. The third kappa shape index (κ3) is 4.43. The van der Waals surface area contributed by atoms with Gasteiger partial charge in [0.25, 0.3) is 0 Å². The van der Waals surface area contributed by atoms with Gasteiger partial charge in [-0.05, 0) is 51.6 Å². The van der Waals surface area contributed by atoms with Gasteiger partial charge in [0.1, 0.15) is 5.75 Å². The van der Waals surface area contributed by atoms with Crippen molar-refractivity contribution in [3.8, 4) is 5.75 Å². The molecule has 6 heteroatoms. The van der Waals surface area contributed by atoms with Crippen LogP contribution < -0.4 is 4.74 Å². The molecule has 0 radical (unpaired) electrons. The molecule has 2 aliphatic heterocycles. The summed E-state index contributed by atoms with van der Waals surface area (Å²) in [6.07, 6.45) is 5.91. The number of carbonyl (C=O) groups is 1. The van der Waals surface area contributed by atoms with Crippen molar-refractivity contribution in [1.82, 2.24) is 14.8 Å². The molecule has 0 atom stereocenters. The number of hydrogen-bond acceptors (Lipinski definition) is 5. The highest BCUT2D eigenvalue weighted by atomic mass is 16.5. The van der Waals surface area contributed by atoms with E-state index < -0.39 is 0 Å². The Morgan fingerprint density at radius 2 is 1.93 bits per heavy atom. The second-order valence-electron chi connectivity index (χ2n) is 8.13. The molecule has 0 unspecified atom stereocenters. The van der Waals surface area contributed by atoms with Gasteiger partial charge in [0.05, 0.1) is 19.4 Å². The molecule has 3 rings (SSSR count). The summed E-state index contributed by atoms with van der Waals surface area (Å²) in [5.41, 5.74) is 3.62. The van der Waals surface area contributed by atoms with Crippen LogP contribution in [0.1, 0.15) is 42.5 Å². The lowest BCUT2D eigenvalue weighted by Crippen LogP contribution is -2.52. The number of aryl methyl sites for hydroxylation is 1. The fourth-order valence-electron chi connectivity index (χ4n) is 4.54. The Morgan fingerprint density at radius 1 is 1.19 bits per heavy atom. The normalized spacial score (nSPS) is 20.3. The van der Waals surface area contributed by atoms with E-state index in [1.807, 2.05) is 18.0 Å². The first kappa shape index (κ1) is 20.1. The number of piperidine rings is 2. The van der Waals surface area contributed by atoms with Crippen LogP contribution in [0.4, 0.5) is 0 Å². The number of methoxy groups -OCH3 is 2. The van der Waals surface area contributed by atoms with Crippen molar-refractivity contribution in [2.45, 2.75) is 46.1 Å². The van der Waals surface area contributed by atoms with Crippen LogP contribution in [-0.4, -0.2) is 67.7 Å². The largest absolute Gasteiger partial charge is 0.496 e. The number of likely N-dealkylation sites (tertiary alicyclic amines) is 2. The first-order chi connectivity index (χ1) is 13.0. The fourth-order valence-corrected chi connectivity index (χ4v) is 4.54. The van der Waals surface area contributed by atoms with E-state index in [2.05, 4.69) is 16.8 Å². The van der Waals surface area contributed by atoms with Crippen LogP contribution in [0.25, 0.3) is 0 Å². The number of hydrogen-bond donors (Lipinski definition) is 0. The first-order valence-electron chi connectivity index (χ1n) is 9.96. The zero-order chi connectivity index (χ0) is 19.4. The van der Waals surface area contributed by atoms with Gasteiger partial charge in [-0.1, -0.05) is 0 Å². The third-order valence-corrected chi connectivity index (χ3v) is 6.35. The zero-order valence-corrected chi connectivity index (χ0v) is 17.2. The van der Waals surface area contributed by atoms with Crippen LogP contribution in [0.5, 0.6) is 5.75 Å². The van der Waals surface area contributed by atoms with Crippen molar-refractivity contribution in [2.24, 2.45) is 5.41 Å². The maximum atomic E-state index is 12.2. The SMILES string of the molecule is COCCN1CC2(CCC1=O)CCN(Cc1ncc(C)c(OC)c1C)CC2. The topological polar surface area (TPSA) is 54.9 Å². The Balaban J connectivity index is 1.60. The van der Waals surface area contributed by atoms with E-state index in [0.717, 1.165) is 68.0 Å². The van der Waals surface area contributed by atoms with E-state index in [9.17, 15) is 4.79 Å². The Morgan fingerprint density at radius 3 is 2.59 bits per heavy atom. The molecular weight excluding hydrogens is 342 g/mol. The predicted molar refractivity (Wildman–Crippen MR) is 105 cm³/mol. The predicted octanol–water partition coefficient (Wildman–Crippen LogP) is 2.56. The molecule has 2 aliphatic rings. The molecule has 1 aromatic heterocycles. The minimum absolute atomic E-state index is 0.283. The van der Waals surface area contributed by atoms with Gasteiger partial charge in [0, 0.05) is 50.5 Å². The molecule has 1 spiro atoms. The first-order valence-corrected chi connectivity index (χ1v) is 9.96. The summed E-state index contributed by atoms with van der Waals surface area (Å²) >= 11 is 0. The van der Waals surface area contributed by atoms with Crippen LogP contribution in [-0.2, 0) is 16.1 Å². The van der Waals surface area contributed by atoms with Crippen LogP contribution in [0.2, 0.25) is 0 Å². The summed E-state index contributed by atoms with van der Waals surface area (Å²) in [5, 5.41) is 0. The molecule has 0 aliphatic carbocycles. The maximum absolute atomic E-state index is 12.2. The Kier molecular flexibility index (Phi) is 6.37. The fraction of sp³-hybridized carbons (Fsp3) is 0.714. The van der Waals surface area contributed by atoms with E-state index in [0.29, 0.717) is 19.6 Å². The quantitative estimate of drug-likeness (QED) is 0.765. The second-order valence-corrected chi connectivity index (χ2v) is 8.13. The van der Waals surface area contributed by atoms with Crippen LogP contribution in [0.15, 0.2) is 6.20 Å². The Bertz CT molecular complexity index is 669. The minimum atomic E-state index is 0.283. The average Bonchev–Trinajstić information content (AvgIpc) is 2.67. The van der Waals surface area contributed by atoms with Gasteiger partial charge in [-0.25, -0.2) is 0 Å². The van der Waals surface area contributed by atoms with Gasteiger partial charge in [0.2, 0.25) is 5.91 Å². The lowest BCUT2D eigenvalue weighted by molar-refractivity contribution is -0.139. The summed E-state index contributed by atoms with van der Waals surface area (Å²) in [6.45, 7) is 9.34. The van der Waals surface area contributed by atoms with Crippen molar-refractivity contribution in [1.29, 1.82) is 0 Å². The number of ether oxygens (including phenoxy) is 2. The lowest BCUT2D eigenvalue weighted by atomic mass is 9.72. The number of aromatic nitrogens is 1. The van der Waals surface area contributed by atoms with Crippen molar-refractivity contribution in [3.05, 3.63) is 23.0 Å². The summed E-state index contributed by atoms with van der Waals surface area (Å²) in [5.74, 6) is 1.24. The van der Waals surface area contributed by atoms with Gasteiger partial charge in [-0.2, -0.15) is 0 Å². The molecule has 0 N–H and O–H groups in total. The summed E-state index contributed by atoms with van der Waals surface area (Å²) in [4.78, 5) is 21.4. The number of carbonyl (C=O) groups excluding carboxylic acids is 1. The van der Waals surface area contributed by atoms with Gasteiger partial charge < -0.3 is 14.4 Å². The zero-order valence-electron chi connectivity index (χ0n) is 17.2. The van der Waals surface area contributed by atoms with E-state index in [-0.39, 0.29) is 11.3 Å². The van der Waals surface area contributed by atoms with Gasteiger partial charge >= 0.3 is 0 Å². The second kappa shape index (κ2) is 8.57. The maximum Gasteiger partial charge on any atom is 0.222 e. The van der Waals surface area contributed by atoms with Gasteiger partial charge in [-0.15, -0.1) is 0 Å². The summed E-state index contributed by atoms with van der Waals surface area (Å²) < 4.78 is 10.7. The molecule has 1 amide bonds. The molecule has 27 heavy (non-hydrogen) atoms. The summed E-state index contributed by atoms with van der Waals surface area (Å²) in [6, 6.07) is 0. The highest BCUT2D eigenvalue weighted by molar-refractivity contribution is 5.77. The molecular formula is C21H33N3O3. The molecule has 2 fully saturated rings. The summed E-state index contributed by atoms with van der Waals surface area (Å²) in [7, 11) is 3.42. The van der Waals surface area contributed by atoms with Crippen LogP contribution in [0, 0.1) is 19.3 Å². The number of pyridine rings is 1. The molecule has 0 bridgehead atoms. The van der Waals surface area contributed by atoms with Crippen molar-refractivity contribution >= 4 is 5.91 Å². The van der Waals surface area contributed by atoms with Crippen LogP contribution >= 0.6 is 0 Å². The van der Waals surface area contributed by atoms with E-state index in [4.69, 9.17) is 9.47 Å². The Hall–Kier alpha value is -1.66. The van der Waals surface area contributed by atoms with Gasteiger partial charge in [-0.3, -0.25) is 14.7 Å². The molecule has 0 saturated carbocycles. The number of rotatable bonds is 6. The number of amides is 1. The van der Waals surface area contributed by atoms with E-state index in [1.165, 1.54) is 0 Å². The minimum Gasteiger partial charge on any atom is -0.496 e. The molecule has 3 heterocycles. The standard InChI is InChI=1S/C21H33N3O3/c1-16-13-22-18(17(2)20(16)27-4)14-23-9-7-21(8-10-23)6-5-19(25)24(15-21)11-12-26-3/h13H,5-12,14-15H2,1-4H3. The van der Waals surface area contributed by atoms with E-state index >= 15 is 0 Å². The van der Waals surface area contributed by atoms with Crippen molar-refractivity contribution in [3.63, 3.8) is 0 Å². The molecule has 2 saturated heterocycles. The Labute approximate surface area is 162 Å². The van der Waals surface area contributed by atoms with Crippen molar-refractivity contribution in [2.75, 3.05) is 47.0 Å². The molecule has 6 nitrogen and oxygen atoms in total. The molecule has 0 aromatic carbocycles. The molecule has 150 valence electrons. The van der Waals surface area contributed by atoms with Crippen molar-refractivity contribution < 1.29 is 14.3 Å². The van der Waals surface area contributed by atoms with Gasteiger partial charge in [0.15, 0.2) is 0 Å². The average molecular weight is 376 g/mol. The van der Waals surface area contributed by atoms with Crippen LogP contribution in [0.3, 0.4) is 0 Å². The monoisotopic (exact) mass is 375 g/mol.